The van der Waals surface area contributed by atoms with E-state index >= 15 is 0 Å². The van der Waals surface area contributed by atoms with Gasteiger partial charge in [0.05, 0.1) is 16.1 Å². The highest BCUT2D eigenvalue weighted by Crippen LogP contribution is 2.35. The second kappa shape index (κ2) is 11.0. The topological polar surface area (TPSA) is 78.7 Å². The van der Waals surface area contributed by atoms with E-state index in [1.165, 1.54) is 35.4 Å². The van der Waals surface area contributed by atoms with Crippen LogP contribution in [0.5, 0.6) is 0 Å². The molecule has 4 rings (SSSR count). The van der Waals surface area contributed by atoms with Crippen LogP contribution in [0.2, 0.25) is 0 Å². The van der Waals surface area contributed by atoms with Gasteiger partial charge in [-0.25, -0.2) is 0 Å². The summed E-state index contributed by atoms with van der Waals surface area (Å²) in [5.74, 6) is 0.425. The summed E-state index contributed by atoms with van der Waals surface area (Å²) in [6.45, 7) is 8.44. The van der Waals surface area contributed by atoms with Crippen LogP contribution in [0.15, 0.2) is 79.5 Å². The molecule has 0 aliphatic heterocycles. The minimum atomic E-state index is 0.425. The summed E-state index contributed by atoms with van der Waals surface area (Å²) in [5.41, 5.74) is 4.58. The lowest BCUT2D eigenvalue weighted by molar-refractivity contribution is 0.608. The first kappa shape index (κ1) is 22.8. The SMILES string of the molecule is CCCCc1ccc(N=Nc2cc3sc(N=Nc4ccc(N(CC)CC)cc4)nc3o2)cc1. The number of azo groups is 2. The zero-order valence-electron chi connectivity index (χ0n) is 19.2. The molecule has 0 aliphatic rings. The molecule has 0 bridgehead atoms. The Kier molecular flexibility index (Phi) is 7.57. The molecule has 0 unspecified atom stereocenters. The van der Waals surface area contributed by atoms with Gasteiger partial charge in [0.1, 0.15) is 0 Å². The van der Waals surface area contributed by atoms with Gasteiger partial charge in [0.2, 0.25) is 16.7 Å². The van der Waals surface area contributed by atoms with E-state index < -0.39 is 0 Å². The van der Waals surface area contributed by atoms with Crippen LogP contribution in [0.3, 0.4) is 0 Å². The summed E-state index contributed by atoms with van der Waals surface area (Å²) in [7, 11) is 0. The molecule has 0 fully saturated rings. The van der Waals surface area contributed by atoms with Gasteiger partial charge in [-0.3, -0.25) is 0 Å². The monoisotopic (exact) mass is 460 g/mol. The van der Waals surface area contributed by atoms with Crippen molar-refractivity contribution in [1.29, 1.82) is 0 Å². The summed E-state index contributed by atoms with van der Waals surface area (Å²) >= 11 is 1.41. The highest BCUT2D eigenvalue weighted by atomic mass is 32.1. The zero-order chi connectivity index (χ0) is 23.0. The molecule has 2 heterocycles. The minimum Gasteiger partial charge on any atom is -0.417 e. The molecule has 2 aromatic heterocycles. The fourth-order valence-corrected chi connectivity index (χ4v) is 4.18. The fraction of sp³-hybridized carbons (Fsp3) is 0.320. The predicted molar refractivity (Wildman–Crippen MR) is 135 cm³/mol. The highest BCUT2D eigenvalue weighted by Gasteiger charge is 2.10. The van der Waals surface area contributed by atoms with Crippen LogP contribution in [0.4, 0.5) is 28.1 Å². The highest BCUT2D eigenvalue weighted by molar-refractivity contribution is 7.21. The third-order valence-electron chi connectivity index (χ3n) is 5.31. The lowest BCUT2D eigenvalue weighted by atomic mass is 10.1. The van der Waals surface area contributed by atoms with Crippen LogP contribution in [-0.4, -0.2) is 18.1 Å². The van der Waals surface area contributed by atoms with Crippen LogP contribution in [-0.2, 0) is 6.42 Å². The van der Waals surface area contributed by atoms with Gasteiger partial charge in [0.25, 0.3) is 0 Å². The molecule has 0 atom stereocenters. The molecule has 2 aromatic carbocycles. The van der Waals surface area contributed by atoms with Crippen molar-refractivity contribution in [3.8, 4) is 0 Å². The summed E-state index contributed by atoms with van der Waals surface area (Å²) in [6.07, 6.45) is 3.48. The number of hydrogen-bond acceptors (Lipinski definition) is 8. The first-order valence-electron chi connectivity index (χ1n) is 11.4. The molecule has 0 radical (unpaired) electrons. The van der Waals surface area contributed by atoms with Gasteiger partial charge < -0.3 is 9.32 Å². The maximum atomic E-state index is 5.70. The molecule has 0 spiro atoms. The van der Waals surface area contributed by atoms with Gasteiger partial charge in [-0.05, 0) is 68.7 Å². The van der Waals surface area contributed by atoms with Crippen molar-refractivity contribution in [2.75, 3.05) is 18.0 Å². The number of aryl methyl sites for hydroxylation is 1. The average molecular weight is 461 g/mol. The molecule has 0 saturated carbocycles. The van der Waals surface area contributed by atoms with E-state index in [1.807, 2.05) is 30.3 Å². The van der Waals surface area contributed by atoms with E-state index in [2.05, 4.69) is 75.4 Å². The van der Waals surface area contributed by atoms with Gasteiger partial charge >= 0.3 is 0 Å². The van der Waals surface area contributed by atoms with E-state index in [0.29, 0.717) is 16.7 Å². The predicted octanol–water partition coefficient (Wildman–Crippen LogP) is 8.91. The summed E-state index contributed by atoms with van der Waals surface area (Å²) in [6, 6.07) is 18.0. The largest absolute Gasteiger partial charge is 0.417 e. The van der Waals surface area contributed by atoms with Crippen molar-refractivity contribution in [3.05, 3.63) is 60.2 Å². The van der Waals surface area contributed by atoms with E-state index in [1.54, 1.807) is 0 Å². The Bertz CT molecular complexity index is 1190. The second-order valence-corrected chi connectivity index (χ2v) is 8.62. The molecule has 0 aliphatic carbocycles. The molecule has 0 saturated heterocycles. The third-order valence-corrected chi connectivity index (χ3v) is 6.18. The molecule has 7 nitrogen and oxygen atoms in total. The number of thiazole rings is 1. The first-order chi connectivity index (χ1) is 16.2. The lowest BCUT2D eigenvalue weighted by Crippen LogP contribution is -2.21. The normalized spacial score (nSPS) is 11.8. The van der Waals surface area contributed by atoms with Gasteiger partial charge in [-0.15, -0.1) is 20.5 Å². The Balaban J connectivity index is 1.39. The van der Waals surface area contributed by atoms with Crippen molar-refractivity contribution < 1.29 is 4.42 Å². The number of aromatic nitrogens is 1. The summed E-state index contributed by atoms with van der Waals surface area (Å²) in [5, 5.41) is 17.6. The molecule has 170 valence electrons. The van der Waals surface area contributed by atoms with E-state index in [0.717, 1.165) is 35.6 Å². The quantitative estimate of drug-likeness (QED) is 0.222. The first-order valence-corrected chi connectivity index (χ1v) is 12.2. The van der Waals surface area contributed by atoms with Crippen molar-refractivity contribution in [2.45, 2.75) is 40.0 Å². The van der Waals surface area contributed by atoms with Gasteiger partial charge in [-0.1, -0.05) is 36.8 Å². The number of benzene rings is 2. The van der Waals surface area contributed by atoms with Crippen LogP contribution in [0.25, 0.3) is 10.4 Å². The smallest absolute Gasteiger partial charge is 0.242 e. The molecule has 0 amide bonds. The number of nitrogens with zero attached hydrogens (tertiary/aromatic N) is 6. The average Bonchev–Trinajstić information content (AvgIpc) is 3.41. The maximum absolute atomic E-state index is 5.70. The van der Waals surface area contributed by atoms with Crippen molar-refractivity contribution in [1.82, 2.24) is 4.98 Å². The Morgan fingerprint density at radius 1 is 0.848 bits per heavy atom. The van der Waals surface area contributed by atoms with Gasteiger partial charge in [-0.2, -0.15) is 4.98 Å². The van der Waals surface area contributed by atoms with Crippen LogP contribution >= 0.6 is 11.3 Å². The number of rotatable bonds is 10. The Hall–Kier alpha value is -3.39. The minimum absolute atomic E-state index is 0.425. The van der Waals surface area contributed by atoms with Crippen LogP contribution in [0.1, 0.15) is 39.2 Å². The summed E-state index contributed by atoms with van der Waals surface area (Å²) < 4.78 is 6.56. The number of anilines is 1. The Labute approximate surface area is 197 Å². The maximum Gasteiger partial charge on any atom is 0.242 e. The number of hydrogen-bond donors (Lipinski definition) is 0. The molecular formula is C25H28N6OS. The Morgan fingerprint density at radius 3 is 2.15 bits per heavy atom. The number of unbranched alkanes of at least 4 members (excludes halogenated alkanes) is 1. The van der Waals surface area contributed by atoms with E-state index in [9.17, 15) is 0 Å². The van der Waals surface area contributed by atoms with E-state index in [4.69, 9.17) is 4.42 Å². The molecule has 0 N–H and O–H groups in total. The summed E-state index contributed by atoms with van der Waals surface area (Å²) in [4.78, 5) is 6.68. The molecular weight excluding hydrogens is 432 g/mol. The Morgan fingerprint density at radius 2 is 1.52 bits per heavy atom. The zero-order valence-corrected chi connectivity index (χ0v) is 20.0. The lowest BCUT2D eigenvalue weighted by Gasteiger charge is -2.20. The van der Waals surface area contributed by atoms with Gasteiger partial charge in [0.15, 0.2) is 0 Å². The van der Waals surface area contributed by atoms with E-state index in [-0.39, 0.29) is 0 Å². The van der Waals surface area contributed by atoms with Crippen molar-refractivity contribution in [2.24, 2.45) is 20.5 Å². The second-order valence-electron chi connectivity index (χ2n) is 7.61. The third kappa shape index (κ3) is 5.90. The molecule has 33 heavy (non-hydrogen) atoms. The van der Waals surface area contributed by atoms with Gasteiger partial charge in [0, 0.05) is 24.8 Å². The molecule has 8 heteroatoms. The standard InChI is InChI=1S/C25H28N6OS/c1-4-7-8-18-9-11-19(12-10-18)27-29-23-17-22-24(32-23)26-25(33-22)30-28-20-13-15-21(16-14-20)31(5-2)6-3/h9-17H,4-8H2,1-3H3. The number of furan rings is 1. The van der Waals surface area contributed by atoms with Crippen LogP contribution in [0, 0.1) is 0 Å². The number of fused-ring (bicyclic) bond motifs is 1. The fourth-order valence-electron chi connectivity index (χ4n) is 3.44. The van der Waals surface area contributed by atoms with Crippen molar-refractivity contribution in [3.63, 3.8) is 0 Å². The molecule has 4 aromatic rings. The van der Waals surface area contributed by atoms with Crippen molar-refractivity contribution >= 4 is 49.8 Å². The van der Waals surface area contributed by atoms with Crippen LogP contribution < -0.4 is 4.90 Å².